The molecule has 2 heterocycles. The number of hydrogen-bond acceptors (Lipinski definition) is 3. The second kappa shape index (κ2) is 5.77. The van der Waals surface area contributed by atoms with Gasteiger partial charge in [-0.15, -0.1) is 0 Å². The van der Waals surface area contributed by atoms with Gasteiger partial charge in [-0.05, 0) is 12.1 Å². The number of nitrogens with zero attached hydrogens (tertiary/aromatic N) is 3. The zero-order chi connectivity index (χ0) is 13.8. The fraction of sp³-hybridized carbons (Fsp3) is 0. The summed E-state index contributed by atoms with van der Waals surface area (Å²) in [6.07, 6.45) is 5.74. The van der Waals surface area contributed by atoms with Crippen LogP contribution in [0.15, 0.2) is 41.9 Å². The van der Waals surface area contributed by atoms with Crippen LogP contribution in [0.25, 0.3) is 0 Å². The predicted octanol–water partition coefficient (Wildman–Crippen LogP) is 2.33. The molecule has 0 unspecified atom stereocenters. The molecular formula is C12H8Cl2N4O. The Kier molecular flexibility index (Phi) is 4.09. The molecule has 0 atom stereocenters. The van der Waals surface area contributed by atoms with Gasteiger partial charge in [-0.25, -0.2) is 0 Å². The summed E-state index contributed by atoms with van der Waals surface area (Å²) in [4.78, 5) is 23.4. The summed E-state index contributed by atoms with van der Waals surface area (Å²) < 4.78 is 0. The van der Waals surface area contributed by atoms with Crippen molar-refractivity contribution in [3.63, 3.8) is 0 Å². The molecule has 0 aliphatic heterocycles. The molecule has 0 bridgehead atoms. The van der Waals surface area contributed by atoms with E-state index < -0.39 is 5.91 Å². The molecular weight excluding hydrogens is 287 g/mol. The molecule has 19 heavy (non-hydrogen) atoms. The summed E-state index contributed by atoms with van der Waals surface area (Å²) in [5.41, 5.74) is 6.40. The van der Waals surface area contributed by atoms with Gasteiger partial charge in [-0.1, -0.05) is 23.2 Å². The third-order valence-electron chi connectivity index (χ3n) is 2.27. The minimum Gasteiger partial charge on any atom is -0.383 e. The number of aromatic nitrogens is 2. The molecule has 2 aromatic rings. The first-order valence-electron chi connectivity index (χ1n) is 5.17. The van der Waals surface area contributed by atoms with Gasteiger partial charge in [-0.3, -0.25) is 14.8 Å². The quantitative estimate of drug-likeness (QED) is 0.681. The Morgan fingerprint density at radius 2 is 1.68 bits per heavy atom. The van der Waals surface area contributed by atoms with E-state index in [1.54, 1.807) is 24.5 Å². The van der Waals surface area contributed by atoms with Crippen molar-refractivity contribution < 1.29 is 4.79 Å². The van der Waals surface area contributed by atoms with E-state index >= 15 is 0 Å². The van der Waals surface area contributed by atoms with E-state index in [4.69, 9.17) is 28.9 Å². The van der Waals surface area contributed by atoms with Gasteiger partial charge in [0.15, 0.2) is 0 Å². The van der Waals surface area contributed by atoms with Crippen LogP contribution >= 0.6 is 23.2 Å². The second-order valence-electron chi connectivity index (χ2n) is 3.52. The Balaban J connectivity index is 2.36. The van der Waals surface area contributed by atoms with Crippen LogP contribution in [0.5, 0.6) is 0 Å². The van der Waals surface area contributed by atoms with Crippen molar-refractivity contribution in [3.8, 4) is 0 Å². The Labute approximate surface area is 119 Å². The Morgan fingerprint density at radius 3 is 2.26 bits per heavy atom. The Morgan fingerprint density at radius 1 is 1.11 bits per heavy atom. The van der Waals surface area contributed by atoms with E-state index in [0.29, 0.717) is 5.56 Å². The van der Waals surface area contributed by atoms with Gasteiger partial charge < -0.3 is 5.73 Å². The van der Waals surface area contributed by atoms with Crippen LogP contribution in [0.1, 0.15) is 15.9 Å². The molecule has 0 spiro atoms. The summed E-state index contributed by atoms with van der Waals surface area (Å²) in [6, 6.07) is 3.28. The SMILES string of the molecule is NC(=NC(=O)c1c(Cl)cncc1Cl)c1ccncc1. The molecule has 0 aliphatic carbocycles. The molecule has 0 fully saturated rings. The minimum atomic E-state index is -0.619. The molecule has 7 heteroatoms. The lowest BCUT2D eigenvalue weighted by Gasteiger charge is -2.03. The van der Waals surface area contributed by atoms with Gasteiger partial charge in [0, 0.05) is 30.4 Å². The lowest BCUT2D eigenvalue weighted by Crippen LogP contribution is -2.16. The summed E-state index contributed by atoms with van der Waals surface area (Å²) >= 11 is 11.7. The second-order valence-corrected chi connectivity index (χ2v) is 4.33. The maximum Gasteiger partial charge on any atom is 0.282 e. The van der Waals surface area contributed by atoms with Crippen molar-refractivity contribution in [1.29, 1.82) is 0 Å². The standard InChI is InChI=1S/C12H8Cl2N4O/c13-8-5-17-6-9(14)10(8)12(19)18-11(15)7-1-3-16-4-2-7/h1-6H,(H2,15,18,19). The number of amidine groups is 1. The zero-order valence-corrected chi connectivity index (χ0v) is 11.1. The number of hydrogen-bond donors (Lipinski definition) is 1. The fourth-order valence-electron chi connectivity index (χ4n) is 1.37. The van der Waals surface area contributed by atoms with Gasteiger partial charge in [0.25, 0.3) is 5.91 Å². The fourth-order valence-corrected chi connectivity index (χ4v) is 1.89. The van der Waals surface area contributed by atoms with Gasteiger partial charge in [0.1, 0.15) is 5.84 Å². The smallest absolute Gasteiger partial charge is 0.282 e. The van der Waals surface area contributed by atoms with Crippen LogP contribution in [0.4, 0.5) is 0 Å². The van der Waals surface area contributed by atoms with Gasteiger partial charge in [0.05, 0.1) is 15.6 Å². The average Bonchev–Trinajstić information content (AvgIpc) is 2.39. The highest BCUT2D eigenvalue weighted by Gasteiger charge is 2.15. The third kappa shape index (κ3) is 3.07. The van der Waals surface area contributed by atoms with Crippen molar-refractivity contribution >= 4 is 34.9 Å². The maximum absolute atomic E-state index is 12.0. The van der Waals surface area contributed by atoms with E-state index in [1.165, 1.54) is 12.4 Å². The summed E-state index contributed by atoms with van der Waals surface area (Å²) in [5.74, 6) is -0.553. The van der Waals surface area contributed by atoms with Crippen molar-refractivity contribution in [2.75, 3.05) is 0 Å². The molecule has 2 rings (SSSR count). The van der Waals surface area contributed by atoms with Gasteiger partial charge in [0.2, 0.25) is 0 Å². The van der Waals surface area contributed by atoms with Crippen molar-refractivity contribution in [2.24, 2.45) is 10.7 Å². The van der Waals surface area contributed by atoms with Crippen LogP contribution in [0, 0.1) is 0 Å². The van der Waals surface area contributed by atoms with E-state index in [9.17, 15) is 4.79 Å². The Hall–Kier alpha value is -1.98. The number of nitrogens with two attached hydrogens (primary N) is 1. The number of carbonyl (C=O) groups is 1. The number of rotatable bonds is 2. The third-order valence-corrected chi connectivity index (χ3v) is 2.84. The highest BCUT2D eigenvalue weighted by atomic mass is 35.5. The first-order valence-corrected chi connectivity index (χ1v) is 5.93. The maximum atomic E-state index is 12.0. The number of halogens is 2. The molecule has 1 amide bonds. The molecule has 0 radical (unpaired) electrons. The molecule has 0 saturated carbocycles. The van der Waals surface area contributed by atoms with E-state index in [0.717, 1.165) is 0 Å². The van der Waals surface area contributed by atoms with Crippen LogP contribution in [-0.4, -0.2) is 21.7 Å². The lowest BCUT2D eigenvalue weighted by atomic mass is 10.2. The van der Waals surface area contributed by atoms with Gasteiger partial charge in [-0.2, -0.15) is 4.99 Å². The topological polar surface area (TPSA) is 81.2 Å². The molecule has 0 aromatic carbocycles. The molecule has 96 valence electrons. The predicted molar refractivity (Wildman–Crippen MR) is 73.5 cm³/mol. The summed E-state index contributed by atoms with van der Waals surface area (Å²) in [5, 5.41) is 0.257. The van der Waals surface area contributed by atoms with E-state index in [2.05, 4.69) is 15.0 Å². The first kappa shape index (κ1) is 13.5. The largest absolute Gasteiger partial charge is 0.383 e. The van der Waals surface area contributed by atoms with Crippen LogP contribution in [0.3, 0.4) is 0 Å². The van der Waals surface area contributed by atoms with Crippen molar-refractivity contribution in [1.82, 2.24) is 9.97 Å². The van der Waals surface area contributed by atoms with Crippen molar-refractivity contribution in [3.05, 3.63) is 58.1 Å². The Bertz CT molecular complexity index is 623. The number of aliphatic imine (C=N–C) groups is 1. The number of pyridine rings is 2. The minimum absolute atomic E-state index is 0.0661. The van der Waals surface area contributed by atoms with E-state index in [-0.39, 0.29) is 21.4 Å². The molecule has 0 aliphatic rings. The lowest BCUT2D eigenvalue weighted by molar-refractivity contribution is 0.100. The molecule has 2 N–H and O–H groups in total. The highest BCUT2D eigenvalue weighted by molar-refractivity contribution is 6.39. The monoisotopic (exact) mass is 294 g/mol. The normalized spacial score (nSPS) is 11.4. The zero-order valence-electron chi connectivity index (χ0n) is 9.55. The number of amides is 1. The van der Waals surface area contributed by atoms with Crippen LogP contribution in [0.2, 0.25) is 10.0 Å². The molecule has 0 saturated heterocycles. The van der Waals surface area contributed by atoms with Crippen LogP contribution < -0.4 is 5.73 Å². The number of carbonyl (C=O) groups excluding carboxylic acids is 1. The molecule has 5 nitrogen and oxygen atoms in total. The van der Waals surface area contributed by atoms with E-state index in [1.807, 2.05) is 0 Å². The average molecular weight is 295 g/mol. The summed E-state index contributed by atoms with van der Waals surface area (Å²) in [6.45, 7) is 0. The van der Waals surface area contributed by atoms with Crippen LogP contribution in [-0.2, 0) is 0 Å². The van der Waals surface area contributed by atoms with Gasteiger partial charge >= 0.3 is 0 Å². The molecule has 2 aromatic heterocycles. The summed E-state index contributed by atoms with van der Waals surface area (Å²) in [7, 11) is 0. The first-order chi connectivity index (χ1) is 9.09. The highest BCUT2D eigenvalue weighted by Crippen LogP contribution is 2.23. The van der Waals surface area contributed by atoms with Crippen molar-refractivity contribution in [2.45, 2.75) is 0 Å².